The predicted octanol–water partition coefficient (Wildman–Crippen LogP) is 1.36. The molecule has 1 aliphatic rings. The molecule has 98 valence electrons. The molecule has 1 aromatic heterocycles. The number of likely N-dealkylation sites (tertiary alicyclic amines) is 1. The van der Waals surface area contributed by atoms with Gasteiger partial charge in [-0.2, -0.15) is 20.7 Å². The molecule has 0 spiro atoms. The number of H-pyrrole nitrogens is 1. The molecule has 0 bridgehead atoms. The fourth-order valence-corrected chi connectivity index (χ4v) is 2.46. The number of nitriles is 1. The first-order valence-electron chi connectivity index (χ1n) is 6.39. The molecule has 3 rings (SSSR count). The zero-order valence-corrected chi connectivity index (χ0v) is 10.8. The predicted molar refractivity (Wildman–Crippen MR) is 72.6 cm³/mol. The maximum Gasteiger partial charge on any atom is 0.127 e. The summed E-state index contributed by atoms with van der Waals surface area (Å²) in [5.74, 6) is 0. The van der Waals surface area contributed by atoms with Crippen LogP contribution in [0.15, 0.2) is 18.2 Å². The van der Waals surface area contributed by atoms with E-state index in [0.29, 0.717) is 0 Å². The SMILES string of the molecule is CN1CCC(C#N)(Nc2ccc3n[nH]nc3c2)CC1. The Morgan fingerprint density at radius 3 is 2.79 bits per heavy atom. The van der Waals surface area contributed by atoms with Crippen LogP contribution < -0.4 is 5.32 Å². The Kier molecular flexibility index (Phi) is 2.84. The van der Waals surface area contributed by atoms with E-state index < -0.39 is 5.54 Å². The Balaban J connectivity index is 1.84. The van der Waals surface area contributed by atoms with Gasteiger partial charge in [-0.15, -0.1) is 0 Å². The first-order valence-corrected chi connectivity index (χ1v) is 6.39. The molecular formula is C13H16N6. The number of aromatic nitrogens is 3. The van der Waals surface area contributed by atoms with Crippen LogP contribution >= 0.6 is 0 Å². The lowest BCUT2D eigenvalue weighted by molar-refractivity contribution is 0.235. The van der Waals surface area contributed by atoms with Gasteiger partial charge in [-0.3, -0.25) is 0 Å². The normalized spacial score (nSPS) is 19.2. The van der Waals surface area contributed by atoms with Gasteiger partial charge < -0.3 is 10.2 Å². The number of nitrogens with zero attached hydrogens (tertiary/aromatic N) is 4. The second kappa shape index (κ2) is 4.52. The number of benzene rings is 1. The Morgan fingerprint density at radius 1 is 1.32 bits per heavy atom. The Labute approximate surface area is 111 Å². The molecule has 0 atom stereocenters. The molecule has 2 aromatic rings. The van der Waals surface area contributed by atoms with Gasteiger partial charge in [0.05, 0.1) is 6.07 Å². The van der Waals surface area contributed by atoms with Crippen molar-refractivity contribution in [3.05, 3.63) is 18.2 Å². The van der Waals surface area contributed by atoms with Crippen molar-refractivity contribution in [1.29, 1.82) is 5.26 Å². The van der Waals surface area contributed by atoms with Crippen molar-refractivity contribution in [3.63, 3.8) is 0 Å². The number of hydrogen-bond donors (Lipinski definition) is 2. The van der Waals surface area contributed by atoms with Crippen LogP contribution in [0.1, 0.15) is 12.8 Å². The number of piperidine rings is 1. The molecule has 1 aromatic carbocycles. The zero-order valence-electron chi connectivity index (χ0n) is 10.8. The molecule has 0 saturated carbocycles. The summed E-state index contributed by atoms with van der Waals surface area (Å²) in [4.78, 5) is 2.25. The monoisotopic (exact) mass is 256 g/mol. The van der Waals surface area contributed by atoms with Crippen molar-refractivity contribution in [2.75, 3.05) is 25.5 Å². The van der Waals surface area contributed by atoms with E-state index in [1.807, 2.05) is 18.2 Å². The number of aromatic amines is 1. The highest BCUT2D eigenvalue weighted by Gasteiger charge is 2.33. The first-order chi connectivity index (χ1) is 9.21. The van der Waals surface area contributed by atoms with E-state index in [1.165, 1.54) is 0 Å². The average Bonchev–Trinajstić information content (AvgIpc) is 2.89. The lowest BCUT2D eigenvalue weighted by Gasteiger charge is -2.36. The van der Waals surface area contributed by atoms with Gasteiger partial charge in [-0.1, -0.05) is 0 Å². The summed E-state index contributed by atoms with van der Waals surface area (Å²) in [6, 6.07) is 8.22. The van der Waals surface area contributed by atoms with Gasteiger partial charge in [-0.25, -0.2) is 0 Å². The van der Waals surface area contributed by atoms with E-state index in [2.05, 4.69) is 38.7 Å². The van der Waals surface area contributed by atoms with E-state index in [4.69, 9.17) is 0 Å². The molecule has 0 unspecified atom stereocenters. The van der Waals surface area contributed by atoms with E-state index >= 15 is 0 Å². The highest BCUT2D eigenvalue weighted by molar-refractivity contribution is 5.78. The highest BCUT2D eigenvalue weighted by atomic mass is 15.3. The topological polar surface area (TPSA) is 80.6 Å². The first kappa shape index (κ1) is 11.9. The molecule has 1 saturated heterocycles. The van der Waals surface area contributed by atoms with Crippen LogP contribution in [0.2, 0.25) is 0 Å². The van der Waals surface area contributed by atoms with Gasteiger partial charge in [0.25, 0.3) is 0 Å². The number of nitrogens with one attached hydrogen (secondary N) is 2. The minimum Gasteiger partial charge on any atom is -0.367 e. The highest BCUT2D eigenvalue weighted by Crippen LogP contribution is 2.27. The molecule has 1 aliphatic heterocycles. The Bertz CT molecular complexity index is 617. The van der Waals surface area contributed by atoms with E-state index in [-0.39, 0.29) is 0 Å². The second-order valence-electron chi connectivity index (χ2n) is 5.15. The maximum absolute atomic E-state index is 9.50. The van der Waals surface area contributed by atoms with Crippen LogP contribution in [-0.4, -0.2) is 46.0 Å². The number of anilines is 1. The summed E-state index contributed by atoms with van der Waals surface area (Å²) in [6.45, 7) is 1.87. The van der Waals surface area contributed by atoms with Gasteiger partial charge in [0.15, 0.2) is 0 Å². The molecule has 0 radical (unpaired) electrons. The second-order valence-corrected chi connectivity index (χ2v) is 5.15. The van der Waals surface area contributed by atoms with Crippen molar-refractivity contribution < 1.29 is 0 Å². The summed E-state index contributed by atoms with van der Waals surface area (Å²) in [5.41, 5.74) is 2.10. The molecule has 0 aliphatic carbocycles. The molecule has 2 N–H and O–H groups in total. The van der Waals surface area contributed by atoms with Gasteiger partial charge in [0.2, 0.25) is 0 Å². The average molecular weight is 256 g/mol. The van der Waals surface area contributed by atoms with Gasteiger partial charge >= 0.3 is 0 Å². The van der Waals surface area contributed by atoms with Crippen LogP contribution in [-0.2, 0) is 0 Å². The van der Waals surface area contributed by atoms with Gasteiger partial charge in [-0.05, 0) is 38.1 Å². The maximum atomic E-state index is 9.50. The van der Waals surface area contributed by atoms with Crippen molar-refractivity contribution in [3.8, 4) is 6.07 Å². The van der Waals surface area contributed by atoms with Crippen LogP contribution in [0.3, 0.4) is 0 Å². The smallest absolute Gasteiger partial charge is 0.127 e. The Hall–Kier alpha value is -2.13. The summed E-state index contributed by atoms with van der Waals surface area (Å²) < 4.78 is 0. The summed E-state index contributed by atoms with van der Waals surface area (Å²) >= 11 is 0. The Morgan fingerprint density at radius 2 is 2.05 bits per heavy atom. The number of fused-ring (bicyclic) bond motifs is 1. The quantitative estimate of drug-likeness (QED) is 0.848. The van der Waals surface area contributed by atoms with Crippen molar-refractivity contribution >= 4 is 16.7 Å². The minimum atomic E-state index is -0.468. The lowest BCUT2D eigenvalue weighted by Crippen LogP contribution is -2.47. The molecule has 6 heteroatoms. The van der Waals surface area contributed by atoms with Crippen LogP contribution in [0.25, 0.3) is 11.0 Å². The van der Waals surface area contributed by atoms with E-state index in [9.17, 15) is 5.26 Å². The molecule has 2 heterocycles. The third kappa shape index (κ3) is 2.25. The molecule has 6 nitrogen and oxygen atoms in total. The summed E-state index contributed by atoms with van der Waals surface area (Å²) in [7, 11) is 2.09. The van der Waals surface area contributed by atoms with Gasteiger partial charge in [0, 0.05) is 18.8 Å². The third-order valence-corrected chi connectivity index (χ3v) is 3.75. The molecular weight excluding hydrogens is 240 g/mol. The van der Waals surface area contributed by atoms with Crippen LogP contribution in [0, 0.1) is 11.3 Å². The lowest BCUT2D eigenvalue weighted by atomic mass is 9.89. The molecule has 1 fully saturated rings. The number of hydrogen-bond acceptors (Lipinski definition) is 5. The number of rotatable bonds is 2. The van der Waals surface area contributed by atoms with Crippen molar-refractivity contribution in [2.45, 2.75) is 18.4 Å². The standard InChI is InChI=1S/C13H16N6/c1-19-6-4-13(9-14,5-7-19)15-10-2-3-11-12(8-10)17-18-16-11/h2-3,8,15H,4-7H2,1H3,(H,16,17,18). The van der Waals surface area contributed by atoms with E-state index in [1.54, 1.807) is 0 Å². The van der Waals surface area contributed by atoms with Crippen molar-refractivity contribution in [1.82, 2.24) is 20.3 Å². The summed E-state index contributed by atoms with van der Waals surface area (Å²) in [5, 5.41) is 23.6. The fourth-order valence-electron chi connectivity index (χ4n) is 2.46. The fraction of sp³-hybridized carbons (Fsp3) is 0.462. The van der Waals surface area contributed by atoms with Crippen LogP contribution in [0.5, 0.6) is 0 Å². The molecule has 0 amide bonds. The van der Waals surface area contributed by atoms with Gasteiger partial charge in [0.1, 0.15) is 16.6 Å². The third-order valence-electron chi connectivity index (χ3n) is 3.75. The minimum absolute atomic E-state index is 0.468. The molecule has 19 heavy (non-hydrogen) atoms. The largest absolute Gasteiger partial charge is 0.367 e. The van der Waals surface area contributed by atoms with E-state index in [0.717, 1.165) is 42.7 Å². The summed E-state index contributed by atoms with van der Waals surface area (Å²) in [6.07, 6.45) is 1.66. The van der Waals surface area contributed by atoms with Crippen molar-refractivity contribution in [2.24, 2.45) is 0 Å². The zero-order chi connectivity index (χ0) is 13.3. The van der Waals surface area contributed by atoms with Crippen LogP contribution in [0.4, 0.5) is 5.69 Å².